The fourth-order valence-corrected chi connectivity index (χ4v) is 3.32. The summed E-state index contributed by atoms with van der Waals surface area (Å²) >= 11 is 0. The highest BCUT2D eigenvalue weighted by molar-refractivity contribution is 6.63. The van der Waals surface area contributed by atoms with Gasteiger partial charge in [-0.25, -0.2) is 9.48 Å². The maximum Gasteiger partial charge on any atom is 0.360 e. The van der Waals surface area contributed by atoms with Crippen molar-refractivity contribution in [3.05, 3.63) is 46.3 Å². The maximum absolute atomic E-state index is 12.6. The van der Waals surface area contributed by atoms with E-state index in [-0.39, 0.29) is 18.2 Å². The molecule has 1 aliphatic heterocycles. The molecule has 1 aromatic heterocycles. The number of hydrogen-bond donors (Lipinski definition) is 2. The summed E-state index contributed by atoms with van der Waals surface area (Å²) in [6, 6.07) is 4.32. The van der Waals surface area contributed by atoms with E-state index in [1.807, 2.05) is 0 Å². The van der Waals surface area contributed by atoms with Gasteiger partial charge in [-0.2, -0.15) is 0 Å². The summed E-state index contributed by atoms with van der Waals surface area (Å²) < 4.78 is 6.38. The molecule has 0 bridgehead atoms. The summed E-state index contributed by atoms with van der Waals surface area (Å²) in [4.78, 5) is 46.9. The lowest BCUT2D eigenvalue weighted by Crippen LogP contribution is -2.64. The average Bonchev–Trinajstić information content (AvgIpc) is 3.29. The number of amides is 1. The number of tetrazole rings is 1. The zero-order chi connectivity index (χ0) is 22.7. The molecule has 1 aliphatic rings. The molecular weight excluding hydrogens is 410 g/mol. The van der Waals surface area contributed by atoms with Gasteiger partial charge in [-0.3, -0.25) is 25.1 Å². The normalized spacial score (nSPS) is 19.5. The van der Waals surface area contributed by atoms with Gasteiger partial charge >= 0.3 is 5.97 Å². The number of rotatable bonds is 9. The molecule has 3 rings (SSSR count). The van der Waals surface area contributed by atoms with Gasteiger partial charge in [-0.15, -0.1) is 5.10 Å². The minimum absolute atomic E-state index is 0.111. The lowest BCUT2D eigenvalue weighted by Gasteiger charge is -2.42. The van der Waals surface area contributed by atoms with Crippen LogP contribution in [-0.4, -0.2) is 54.5 Å². The van der Waals surface area contributed by atoms with E-state index in [1.54, 1.807) is 6.92 Å². The van der Waals surface area contributed by atoms with Gasteiger partial charge < -0.3 is 10.1 Å². The van der Waals surface area contributed by atoms with E-state index in [1.165, 1.54) is 42.2 Å². The number of ketones is 1. The molecule has 1 amide bonds. The van der Waals surface area contributed by atoms with Crippen LogP contribution >= 0.6 is 0 Å². The van der Waals surface area contributed by atoms with Crippen LogP contribution in [0.3, 0.4) is 0 Å². The molecule has 13 heteroatoms. The fraction of sp³-hybridized carbons (Fsp3) is 0.389. The first-order valence-corrected chi connectivity index (χ1v) is 9.26. The molecule has 1 fully saturated rings. The highest BCUT2D eigenvalue weighted by Gasteiger charge is 2.49. The molecule has 2 heterocycles. The molecule has 0 spiro atoms. The number of esters is 1. The number of β-lactam (4-membered cyclic amide) rings is 1. The number of ether oxygens (including phenoxy) is 1. The summed E-state index contributed by atoms with van der Waals surface area (Å²) in [5.74, 6) is -3.62. The first-order valence-electron chi connectivity index (χ1n) is 9.26. The lowest BCUT2D eigenvalue weighted by molar-refractivity contribution is -0.384. The van der Waals surface area contributed by atoms with Crippen LogP contribution in [0, 0.1) is 27.4 Å². The van der Waals surface area contributed by atoms with Crippen molar-refractivity contribution in [1.29, 1.82) is 5.41 Å². The number of nitrogens with one attached hydrogen (secondary N) is 2. The smallest absolute Gasteiger partial charge is 0.360 e. The molecule has 2 aromatic rings. The lowest BCUT2D eigenvalue weighted by atomic mass is 9.75. The van der Waals surface area contributed by atoms with Crippen LogP contribution < -0.4 is 5.32 Å². The Bertz CT molecular complexity index is 1020. The van der Waals surface area contributed by atoms with E-state index in [2.05, 4.69) is 20.8 Å². The number of nitro benzene ring substituents is 1. The third-order valence-electron chi connectivity index (χ3n) is 5.22. The Hall–Kier alpha value is -4.03. The van der Waals surface area contributed by atoms with Crippen molar-refractivity contribution in [2.24, 2.45) is 11.8 Å². The molecule has 0 radical (unpaired) electrons. The summed E-state index contributed by atoms with van der Waals surface area (Å²) in [7, 11) is 0. The van der Waals surface area contributed by atoms with Gasteiger partial charge in [0.15, 0.2) is 11.5 Å². The summed E-state index contributed by atoms with van der Waals surface area (Å²) in [6.07, 6.45) is 1.36. The molecule has 0 aliphatic carbocycles. The Morgan fingerprint density at radius 2 is 2.00 bits per heavy atom. The van der Waals surface area contributed by atoms with Crippen molar-refractivity contribution in [2.45, 2.75) is 32.5 Å². The number of benzene rings is 1. The second-order valence-electron chi connectivity index (χ2n) is 7.12. The number of aromatic nitrogens is 4. The Labute approximate surface area is 175 Å². The van der Waals surface area contributed by atoms with Crippen LogP contribution in [0.1, 0.15) is 25.5 Å². The SMILES string of the molecule is C[C@H]([C@H]1C(=O)N[C@@H]1[C@@H](C)C(=O)C(=N)C(=O)OCc1ccc([N+](=O)[O-])cc1)n1cnnn1. The molecule has 31 heavy (non-hydrogen) atoms. The van der Waals surface area contributed by atoms with Gasteiger partial charge in [0.1, 0.15) is 12.9 Å². The number of non-ortho nitro benzene ring substituents is 1. The summed E-state index contributed by atoms with van der Waals surface area (Å²) in [6.45, 7) is 3.00. The average molecular weight is 429 g/mol. The Kier molecular flexibility index (Phi) is 6.13. The number of nitrogens with zero attached hydrogens (tertiary/aromatic N) is 5. The third kappa shape index (κ3) is 4.44. The molecule has 162 valence electrons. The molecule has 0 unspecified atom stereocenters. The van der Waals surface area contributed by atoms with Crippen LogP contribution in [0.5, 0.6) is 0 Å². The molecule has 13 nitrogen and oxygen atoms in total. The molecule has 1 aromatic carbocycles. The number of hydrogen-bond acceptors (Lipinski definition) is 10. The molecule has 2 N–H and O–H groups in total. The van der Waals surface area contributed by atoms with Gasteiger partial charge in [-0.1, -0.05) is 6.92 Å². The van der Waals surface area contributed by atoms with E-state index >= 15 is 0 Å². The predicted octanol–water partition coefficient (Wildman–Crippen LogP) is 0.225. The van der Waals surface area contributed by atoms with Crippen LogP contribution in [0.4, 0.5) is 5.69 Å². The largest absolute Gasteiger partial charge is 0.456 e. The number of carbonyl (C=O) groups excluding carboxylic acids is 3. The topological polar surface area (TPSA) is 183 Å². The van der Waals surface area contributed by atoms with E-state index < -0.39 is 46.3 Å². The van der Waals surface area contributed by atoms with Gasteiger partial charge in [0.25, 0.3) is 5.69 Å². The second kappa shape index (κ2) is 8.77. The highest BCUT2D eigenvalue weighted by Crippen LogP contribution is 2.32. The van der Waals surface area contributed by atoms with Crippen molar-refractivity contribution < 1.29 is 24.0 Å². The van der Waals surface area contributed by atoms with Crippen molar-refractivity contribution in [3.8, 4) is 0 Å². The minimum Gasteiger partial charge on any atom is -0.456 e. The van der Waals surface area contributed by atoms with Gasteiger partial charge in [0.2, 0.25) is 5.91 Å². The van der Waals surface area contributed by atoms with E-state index in [0.717, 1.165) is 0 Å². The number of carbonyl (C=O) groups is 3. The fourth-order valence-electron chi connectivity index (χ4n) is 3.32. The van der Waals surface area contributed by atoms with Crippen LogP contribution in [-0.2, 0) is 25.7 Å². The monoisotopic (exact) mass is 429 g/mol. The third-order valence-corrected chi connectivity index (χ3v) is 5.22. The Balaban J connectivity index is 1.58. The molecular formula is C18H19N7O6. The highest BCUT2D eigenvalue weighted by atomic mass is 16.6. The van der Waals surface area contributed by atoms with Gasteiger partial charge in [0, 0.05) is 18.1 Å². The minimum atomic E-state index is -1.12. The quantitative estimate of drug-likeness (QED) is 0.141. The van der Waals surface area contributed by atoms with Crippen molar-refractivity contribution in [1.82, 2.24) is 25.5 Å². The van der Waals surface area contributed by atoms with E-state index in [9.17, 15) is 24.5 Å². The van der Waals surface area contributed by atoms with E-state index in [4.69, 9.17) is 10.1 Å². The van der Waals surface area contributed by atoms with Gasteiger partial charge in [-0.05, 0) is 35.0 Å². The van der Waals surface area contributed by atoms with Crippen molar-refractivity contribution in [3.63, 3.8) is 0 Å². The Morgan fingerprint density at radius 1 is 1.32 bits per heavy atom. The maximum atomic E-state index is 12.6. The summed E-state index contributed by atoms with van der Waals surface area (Å²) in [5.41, 5.74) is -0.488. The van der Waals surface area contributed by atoms with Crippen molar-refractivity contribution in [2.75, 3.05) is 0 Å². The first-order chi connectivity index (χ1) is 14.7. The zero-order valence-electron chi connectivity index (χ0n) is 16.6. The number of nitro groups is 1. The Morgan fingerprint density at radius 3 is 2.55 bits per heavy atom. The van der Waals surface area contributed by atoms with Crippen molar-refractivity contribution >= 4 is 29.1 Å². The number of Topliss-reactive ketones (excluding diaryl/α,β-unsaturated/α-hetero) is 1. The van der Waals surface area contributed by atoms with Gasteiger partial charge in [0.05, 0.1) is 22.9 Å². The standard InChI is InChI=1S/C18H19N7O6/c1-9(15-13(17(27)21-15)10(2)24-8-20-22-23-24)16(26)14(19)18(28)31-7-11-3-5-12(6-4-11)25(29)30/h3-6,8-10,13,15,19H,7H2,1-2H3,(H,21,27)/t9-,10-,13-,15-/m1/s1. The van der Waals surface area contributed by atoms with Crippen LogP contribution in [0.25, 0.3) is 0 Å². The summed E-state index contributed by atoms with van der Waals surface area (Å²) in [5, 5.41) is 32.0. The zero-order valence-corrected chi connectivity index (χ0v) is 16.6. The molecule has 1 saturated heterocycles. The second-order valence-corrected chi connectivity index (χ2v) is 7.12. The molecule has 0 saturated carbocycles. The first kappa shape index (κ1) is 21.7. The predicted molar refractivity (Wildman–Crippen MR) is 103 cm³/mol. The van der Waals surface area contributed by atoms with Crippen LogP contribution in [0.15, 0.2) is 30.6 Å². The van der Waals surface area contributed by atoms with E-state index in [0.29, 0.717) is 5.56 Å². The van der Waals surface area contributed by atoms with Crippen LogP contribution in [0.2, 0.25) is 0 Å². The molecule has 4 atom stereocenters.